The van der Waals surface area contributed by atoms with Crippen LogP contribution >= 0.6 is 0 Å². The first kappa shape index (κ1) is 61.3. The summed E-state index contributed by atoms with van der Waals surface area (Å²) >= 11 is 0. The van der Waals surface area contributed by atoms with Gasteiger partial charge in [0, 0.05) is 12.8 Å². The summed E-state index contributed by atoms with van der Waals surface area (Å²) in [6.07, 6.45) is 28.1. The summed E-state index contributed by atoms with van der Waals surface area (Å²) in [5, 5.41) is 72.1. The van der Waals surface area contributed by atoms with Crippen LogP contribution in [0.4, 0.5) is 0 Å². The van der Waals surface area contributed by atoms with Gasteiger partial charge in [-0.1, -0.05) is 139 Å². The molecule has 2 fully saturated rings. The number of rotatable bonds is 39. The van der Waals surface area contributed by atoms with Crippen LogP contribution in [0.2, 0.25) is 0 Å². The summed E-state index contributed by atoms with van der Waals surface area (Å²) < 4.78 is 33.6. The molecule has 0 saturated carbocycles. The predicted octanol–water partition coefficient (Wildman–Crippen LogP) is 7.27. The second-order valence-corrected chi connectivity index (χ2v) is 18.0. The summed E-state index contributed by atoms with van der Waals surface area (Å²) in [6, 6.07) is 0. The van der Waals surface area contributed by atoms with Gasteiger partial charge < -0.3 is 64.2 Å². The highest BCUT2D eigenvalue weighted by Crippen LogP contribution is 2.26. The van der Waals surface area contributed by atoms with E-state index in [2.05, 4.69) is 74.6 Å². The Morgan fingerprint density at radius 3 is 1.46 bits per heavy atom. The molecule has 0 spiro atoms. The van der Waals surface area contributed by atoms with Crippen molar-refractivity contribution in [3.63, 3.8) is 0 Å². The van der Waals surface area contributed by atoms with Crippen LogP contribution in [0.25, 0.3) is 0 Å². The van der Waals surface area contributed by atoms with Gasteiger partial charge in [-0.2, -0.15) is 0 Å². The second-order valence-electron chi connectivity index (χ2n) is 18.0. The molecule has 0 unspecified atom stereocenters. The standard InChI is InChI=1S/C53H90O15/c1-3-5-7-9-11-13-15-17-19-20-22-23-25-27-29-31-33-35-44(55)63-38-41(66-45(56)36-34-32-30-28-26-24-21-18-16-14-12-10-8-6-4-2)39-64-52-51(62)49(60)47(58)43(68-52)40-65-53-50(61)48(59)46(57)42(37-54)67-53/h6,8,11-14,17-19,21,41-43,46-54,57-62H,3-5,7,9-10,15-16,20,22-40H2,1-2H3/b8-6-,13-11-,14-12-,19-17-,21-18-/t41-,42-,43-,46+,47+,48+,49+,50-,51-,52-,53+/m1/s1. The molecule has 0 aromatic carbocycles. The number of hydrogen-bond donors (Lipinski definition) is 7. The van der Waals surface area contributed by atoms with Crippen LogP contribution < -0.4 is 0 Å². The summed E-state index contributed by atoms with van der Waals surface area (Å²) in [5.41, 5.74) is 0. The fourth-order valence-electron chi connectivity index (χ4n) is 7.73. The van der Waals surface area contributed by atoms with Crippen molar-refractivity contribution in [2.24, 2.45) is 0 Å². The topological polar surface area (TPSA) is 231 Å². The molecule has 7 N–H and O–H groups in total. The van der Waals surface area contributed by atoms with Crippen LogP contribution in [0.5, 0.6) is 0 Å². The minimum absolute atomic E-state index is 0.141. The molecule has 392 valence electrons. The number of carbonyl (C=O) groups is 2. The summed E-state index contributed by atoms with van der Waals surface area (Å²) in [5.74, 6) is -0.957. The van der Waals surface area contributed by atoms with Crippen molar-refractivity contribution in [3.05, 3.63) is 60.8 Å². The molecule has 68 heavy (non-hydrogen) atoms. The Labute approximate surface area is 407 Å². The third-order valence-electron chi connectivity index (χ3n) is 12.0. The molecule has 0 amide bonds. The van der Waals surface area contributed by atoms with Crippen LogP contribution in [-0.4, -0.2) is 142 Å². The number of aliphatic hydroxyl groups is 7. The largest absolute Gasteiger partial charge is 0.462 e. The molecule has 11 atom stereocenters. The van der Waals surface area contributed by atoms with Crippen molar-refractivity contribution in [2.75, 3.05) is 26.4 Å². The normalized spacial score (nSPS) is 26.2. The van der Waals surface area contributed by atoms with Gasteiger partial charge in [0.05, 0.1) is 19.8 Å². The van der Waals surface area contributed by atoms with E-state index < -0.39 is 99.3 Å². The number of aliphatic hydroxyl groups excluding tert-OH is 7. The number of hydrogen-bond acceptors (Lipinski definition) is 15. The molecule has 15 heteroatoms. The Hall–Kier alpha value is -2.80. The zero-order valence-electron chi connectivity index (χ0n) is 41.3. The van der Waals surface area contributed by atoms with E-state index in [0.717, 1.165) is 89.9 Å². The summed E-state index contributed by atoms with van der Waals surface area (Å²) in [6.45, 7) is 2.42. The maximum atomic E-state index is 13.0. The van der Waals surface area contributed by atoms with Gasteiger partial charge in [-0.25, -0.2) is 0 Å². The number of carbonyl (C=O) groups excluding carboxylic acids is 2. The maximum absolute atomic E-state index is 13.0. The van der Waals surface area contributed by atoms with E-state index in [1.165, 1.54) is 38.5 Å². The van der Waals surface area contributed by atoms with Crippen molar-refractivity contribution >= 4 is 11.9 Å². The Morgan fingerprint density at radius 2 is 0.926 bits per heavy atom. The Kier molecular flexibility index (Phi) is 36.0. The first-order valence-corrected chi connectivity index (χ1v) is 25.9. The first-order chi connectivity index (χ1) is 33.0. The monoisotopic (exact) mass is 967 g/mol. The van der Waals surface area contributed by atoms with Gasteiger partial charge in [-0.3, -0.25) is 9.59 Å². The van der Waals surface area contributed by atoms with Gasteiger partial charge in [0.1, 0.15) is 55.4 Å². The van der Waals surface area contributed by atoms with Crippen LogP contribution in [0.1, 0.15) is 168 Å². The molecule has 2 aliphatic heterocycles. The molecular weight excluding hydrogens is 877 g/mol. The lowest BCUT2D eigenvalue weighted by Gasteiger charge is -2.42. The van der Waals surface area contributed by atoms with Crippen molar-refractivity contribution in [3.8, 4) is 0 Å². The lowest BCUT2D eigenvalue weighted by atomic mass is 9.98. The average molecular weight is 967 g/mol. The Bertz CT molecular complexity index is 1420. The number of esters is 2. The Balaban J connectivity index is 1.82. The van der Waals surface area contributed by atoms with Gasteiger partial charge in [0.2, 0.25) is 0 Å². The highest BCUT2D eigenvalue weighted by atomic mass is 16.7. The van der Waals surface area contributed by atoms with E-state index >= 15 is 0 Å². The predicted molar refractivity (Wildman–Crippen MR) is 261 cm³/mol. The minimum atomic E-state index is -1.77. The molecule has 0 radical (unpaired) electrons. The van der Waals surface area contributed by atoms with E-state index in [4.69, 9.17) is 28.4 Å². The van der Waals surface area contributed by atoms with Gasteiger partial charge in [0.15, 0.2) is 18.7 Å². The van der Waals surface area contributed by atoms with Gasteiger partial charge in [0.25, 0.3) is 0 Å². The highest BCUT2D eigenvalue weighted by molar-refractivity contribution is 5.70. The van der Waals surface area contributed by atoms with Crippen LogP contribution in [0.3, 0.4) is 0 Å². The van der Waals surface area contributed by atoms with Crippen LogP contribution in [0.15, 0.2) is 60.8 Å². The minimum Gasteiger partial charge on any atom is -0.462 e. The third kappa shape index (κ3) is 27.6. The fraction of sp³-hybridized carbons (Fsp3) is 0.774. The van der Waals surface area contributed by atoms with E-state index in [9.17, 15) is 45.3 Å². The highest BCUT2D eigenvalue weighted by Gasteiger charge is 2.47. The van der Waals surface area contributed by atoms with Gasteiger partial charge >= 0.3 is 11.9 Å². The lowest BCUT2D eigenvalue weighted by molar-refractivity contribution is -0.332. The molecule has 2 rings (SSSR count). The van der Waals surface area contributed by atoms with E-state index in [1.807, 2.05) is 0 Å². The summed E-state index contributed by atoms with van der Waals surface area (Å²) in [4.78, 5) is 25.8. The van der Waals surface area contributed by atoms with Gasteiger partial charge in [-0.15, -0.1) is 0 Å². The smallest absolute Gasteiger partial charge is 0.306 e. The van der Waals surface area contributed by atoms with Gasteiger partial charge in [-0.05, 0) is 77.0 Å². The van der Waals surface area contributed by atoms with Crippen LogP contribution in [-0.2, 0) is 38.0 Å². The lowest BCUT2D eigenvalue weighted by Crippen LogP contribution is -2.61. The number of ether oxygens (including phenoxy) is 6. The van der Waals surface area contributed by atoms with Crippen LogP contribution in [0, 0.1) is 0 Å². The quantitative estimate of drug-likeness (QED) is 0.0183. The molecule has 0 aromatic heterocycles. The van der Waals surface area contributed by atoms with E-state index in [-0.39, 0.29) is 19.4 Å². The Morgan fingerprint density at radius 1 is 0.485 bits per heavy atom. The van der Waals surface area contributed by atoms with Crippen molar-refractivity contribution in [2.45, 2.75) is 235 Å². The molecule has 0 bridgehead atoms. The zero-order valence-corrected chi connectivity index (χ0v) is 41.3. The van der Waals surface area contributed by atoms with E-state index in [1.54, 1.807) is 0 Å². The molecule has 0 aromatic rings. The van der Waals surface area contributed by atoms with E-state index in [0.29, 0.717) is 12.8 Å². The zero-order chi connectivity index (χ0) is 49.6. The number of unbranched alkanes of at least 4 members (excludes halogenated alkanes) is 15. The summed E-state index contributed by atoms with van der Waals surface area (Å²) in [7, 11) is 0. The SMILES string of the molecule is CC/C=C\C/C=C\C/C=C\CCCCCCCC(=O)O[C@H](COC(=O)CCCCCCCCC/C=C\C/C=C\CCCCC)CO[C@@H]1O[C@H](CO[C@H]2O[C@H](CO)[C@H](O)[C@H](O)[C@H]2O)[C@H](O)[C@H](O)[C@H]1O. The fourth-order valence-corrected chi connectivity index (χ4v) is 7.73. The molecule has 2 heterocycles. The number of allylic oxidation sites excluding steroid dienone is 10. The van der Waals surface area contributed by atoms with Crippen molar-refractivity contribution in [1.29, 1.82) is 0 Å². The molecular formula is C53H90O15. The van der Waals surface area contributed by atoms with Crippen molar-refractivity contribution in [1.82, 2.24) is 0 Å². The molecule has 0 aliphatic carbocycles. The third-order valence-corrected chi connectivity index (χ3v) is 12.0. The molecule has 2 saturated heterocycles. The second kappa shape index (κ2) is 39.9. The first-order valence-electron chi connectivity index (χ1n) is 25.9. The molecule has 2 aliphatic rings. The average Bonchev–Trinajstić information content (AvgIpc) is 3.33. The molecule has 15 nitrogen and oxygen atoms in total. The van der Waals surface area contributed by atoms with Crippen molar-refractivity contribution < 1.29 is 73.8 Å². The maximum Gasteiger partial charge on any atom is 0.306 e.